The van der Waals surface area contributed by atoms with E-state index in [0.29, 0.717) is 6.54 Å². The summed E-state index contributed by atoms with van der Waals surface area (Å²) in [6, 6.07) is 13.7. The summed E-state index contributed by atoms with van der Waals surface area (Å²) in [5.74, 6) is 0. The fraction of sp³-hybridized carbons (Fsp3) is 0.200. The van der Waals surface area contributed by atoms with Gasteiger partial charge in [0.1, 0.15) is 11.2 Å². The van der Waals surface area contributed by atoms with Gasteiger partial charge in [0.2, 0.25) is 0 Å². The number of anilines is 1. The Bertz CT molecular complexity index is 705. The summed E-state index contributed by atoms with van der Waals surface area (Å²) in [6.07, 6.45) is -0.758. The lowest BCUT2D eigenvalue weighted by atomic mass is 10.1. The molecule has 0 aliphatic heterocycles. The zero-order valence-corrected chi connectivity index (χ0v) is 10.3. The Balaban J connectivity index is 1.95. The first kappa shape index (κ1) is 12.0. The highest BCUT2D eigenvalue weighted by atomic mass is 16.3. The lowest BCUT2D eigenvalue weighted by molar-refractivity contribution is 0.105. The van der Waals surface area contributed by atoms with E-state index in [1.165, 1.54) is 0 Å². The molecule has 3 aromatic rings. The summed E-state index contributed by atoms with van der Waals surface area (Å²) in [7, 11) is 0. The first-order valence-corrected chi connectivity index (χ1v) is 6.22. The Labute approximate surface area is 110 Å². The van der Waals surface area contributed by atoms with Gasteiger partial charge >= 0.3 is 0 Å². The van der Waals surface area contributed by atoms with Gasteiger partial charge in [0.05, 0.1) is 12.7 Å². The topological polar surface area (TPSA) is 65.6 Å². The van der Waals surface area contributed by atoms with E-state index in [4.69, 9.17) is 9.52 Å². The van der Waals surface area contributed by atoms with E-state index >= 15 is 0 Å². The maximum absolute atomic E-state index is 9.31. The van der Waals surface area contributed by atoms with E-state index in [9.17, 15) is 5.11 Å². The largest absolute Gasteiger partial charge is 0.456 e. The molecule has 0 fully saturated rings. The molecular formula is C15H15NO3. The van der Waals surface area contributed by atoms with Crippen LogP contribution in [0.25, 0.3) is 21.9 Å². The second-order valence-corrected chi connectivity index (χ2v) is 4.53. The number of para-hydroxylation sites is 1. The average Bonchev–Trinajstić information content (AvgIpc) is 2.82. The van der Waals surface area contributed by atoms with Crippen molar-refractivity contribution in [2.75, 3.05) is 18.5 Å². The van der Waals surface area contributed by atoms with Gasteiger partial charge in [-0.25, -0.2) is 0 Å². The Hall–Kier alpha value is -2.04. The number of benzene rings is 2. The minimum absolute atomic E-state index is 0.250. The first-order chi connectivity index (χ1) is 9.28. The highest BCUT2D eigenvalue weighted by Crippen LogP contribution is 2.30. The minimum Gasteiger partial charge on any atom is -0.456 e. The molecule has 0 amide bonds. The van der Waals surface area contributed by atoms with E-state index in [2.05, 4.69) is 5.32 Å². The highest BCUT2D eigenvalue weighted by Gasteiger charge is 2.07. The standard InChI is InChI=1S/C15H15NO3/c17-9-11(18)8-16-10-5-6-13-12-3-1-2-4-14(12)19-15(13)7-10/h1-7,11,16-18H,8-9H2. The number of fused-ring (bicyclic) bond motifs is 3. The van der Waals surface area contributed by atoms with Crippen LogP contribution < -0.4 is 5.32 Å². The van der Waals surface area contributed by atoms with Crippen molar-refractivity contribution in [3.63, 3.8) is 0 Å². The Morgan fingerprint density at radius 3 is 2.68 bits per heavy atom. The third kappa shape index (κ3) is 2.28. The summed E-state index contributed by atoms with van der Waals surface area (Å²) < 4.78 is 5.77. The number of nitrogens with one attached hydrogen (secondary N) is 1. The van der Waals surface area contributed by atoms with Crippen LogP contribution in [0.3, 0.4) is 0 Å². The minimum atomic E-state index is -0.758. The van der Waals surface area contributed by atoms with Crippen molar-refractivity contribution in [2.45, 2.75) is 6.10 Å². The van der Waals surface area contributed by atoms with E-state index in [1.54, 1.807) is 0 Å². The second-order valence-electron chi connectivity index (χ2n) is 4.53. The number of hydrogen-bond donors (Lipinski definition) is 3. The fourth-order valence-corrected chi connectivity index (χ4v) is 2.14. The molecule has 1 atom stereocenters. The zero-order chi connectivity index (χ0) is 13.2. The van der Waals surface area contributed by atoms with Gasteiger partial charge in [-0.05, 0) is 18.2 Å². The molecule has 19 heavy (non-hydrogen) atoms. The van der Waals surface area contributed by atoms with Crippen LogP contribution >= 0.6 is 0 Å². The number of hydrogen-bond acceptors (Lipinski definition) is 4. The summed E-state index contributed by atoms with van der Waals surface area (Å²) in [6.45, 7) is 0.0577. The second kappa shape index (κ2) is 4.91. The van der Waals surface area contributed by atoms with Crippen LogP contribution in [0.4, 0.5) is 5.69 Å². The lowest BCUT2D eigenvalue weighted by Gasteiger charge is -2.09. The van der Waals surface area contributed by atoms with Crippen LogP contribution in [0.15, 0.2) is 46.9 Å². The highest BCUT2D eigenvalue weighted by molar-refractivity contribution is 6.05. The van der Waals surface area contributed by atoms with Gasteiger partial charge < -0.3 is 19.9 Å². The molecule has 3 N–H and O–H groups in total. The fourth-order valence-electron chi connectivity index (χ4n) is 2.14. The summed E-state index contributed by atoms with van der Waals surface area (Å²) in [5.41, 5.74) is 2.54. The van der Waals surface area contributed by atoms with Crippen LogP contribution in [0.5, 0.6) is 0 Å². The third-order valence-electron chi connectivity index (χ3n) is 3.13. The zero-order valence-electron chi connectivity index (χ0n) is 10.3. The normalized spacial score (nSPS) is 12.9. The number of aliphatic hydroxyl groups excluding tert-OH is 2. The van der Waals surface area contributed by atoms with Crippen molar-refractivity contribution in [2.24, 2.45) is 0 Å². The average molecular weight is 257 g/mol. The molecule has 0 aliphatic rings. The molecule has 1 heterocycles. The van der Waals surface area contributed by atoms with E-state index in [-0.39, 0.29) is 6.61 Å². The van der Waals surface area contributed by atoms with Crippen LogP contribution in [0.1, 0.15) is 0 Å². The van der Waals surface area contributed by atoms with Crippen molar-refractivity contribution in [1.29, 1.82) is 0 Å². The predicted octanol–water partition coefficient (Wildman–Crippen LogP) is 2.35. The maximum atomic E-state index is 9.31. The molecule has 4 heteroatoms. The Morgan fingerprint density at radius 1 is 1.05 bits per heavy atom. The van der Waals surface area contributed by atoms with Gasteiger partial charge in [0, 0.05) is 29.1 Å². The van der Waals surface area contributed by atoms with Crippen molar-refractivity contribution in [3.8, 4) is 0 Å². The Kier molecular flexibility index (Phi) is 3.11. The van der Waals surface area contributed by atoms with E-state index < -0.39 is 6.10 Å². The van der Waals surface area contributed by atoms with Crippen molar-refractivity contribution in [3.05, 3.63) is 42.5 Å². The molecule has 4 nitrogen and oxygen atoms in total. The van der Waals surface area contributed by atoms with E-state index in [0.717, 1.165) is 27.6 Å². The quantitative estimate of drug-likeness (QED) is 0.671. The molecule has 1 unspecified atom stereocenters. The first-order valence-electron chi connectivity index (χ1n) is 6.22. The van der Waals surface area contributed by atoms with Gasteiger partial charge in [-0.15, -0.1) is 0 Å². The van der Waals surface area contributed by atoms with Crippen LogP contribution in [-0.4, -0.2) is 29.5 Å². The van der Waals surface area contributed by atoms with Crippen LogP contribution in [0, 0.1) is 0 Å². The van der Waals surface area contributed by atoms with Crippen molar-refractivity contribution >= 4 is 27.6 Å². The van der Waals surface area contributed by atoms with Crippen LogP contribution in [-0.2, 0) is 0 Å². The number of rotatable bonds is 4. The molecule has 2 aromatic carbocycles. The molecule has 0 spiro atoms. The van der Waals surface area contributed by atoms with Crippen molar-refractivity contribution in [1.82, 2.24) is 0 Å². The summed E-state index contributed by atoms with van der Waals surface area (Å²) in [4.78, 5) is 0. The predicted molar refractivity (Wildman–Crippen MR) is 75.3 cm³/mol. The molecule has 0 bridgehead atoms. The van der Waals surface area contributed by atoms with Gasteiger partial charge in [-0.1, -0.05) is 18.2 Å². The Morgan fingerprint density at radius 2 is 1.84 bits per heavy atom. The SMILES string of the molecule is OCC(O)CNc1ccc2c(c1)oc1ccccc12. The molecular weight excluding hydrogens is 242 g/mol. The third-order valence-corrected chi connectivity index (χ3v) is 3.13. The van der Waals surface area contributed by atoms with Crippen LogP contribution in [0.2, 0.25) is 0 Å². The smallest absolute Gasteiger partial charge is 0.137 e. The number of furan rings is 1. The summed E-state index contributed by atoms with van der Waals surface area (Å²) in [5, 5.41) is 23.3. The van der Waals surface area contributed by atoms with Gasteiger partial charge in [0.15, 0.2) is 0 Å². The molecule has 3 rings (SSSR count). The van der Waals surface area contributed by atoms with E-state index in [1.807, 2.05) is 42.5 Å². The van der Waals surface area contributed by atoms with Gasteiger partial charge in [-0.2, -0.15) is 0 Å². The molecule has 0 aliphatic carbocycles. The van der Waals surface area contributed by atoms with Gasteiger partial charge in [0.25, 0.3) is 0 Å². The molecule has 98 valence electrons. The monoisotopic (exact) mass is 257 g/mol. The molecule has 0 saturated heterocycles. The molecule has 0 radical (unpaired) electrons. The van der Waals surface area contributed by atoms with Gasteiger partial charge in [-0.3, -0.25) is 0 Å². The number of aliphatic hydroxyl groups is 2. The summed E-state index contributed by atoms with van der Waals surface area (Å²) >= 11 is 0. The maximum Gasteiger partial charge on any atom is 0.137 e. The molecule has 0 saturated carbocycles. The van der Waals surface area contributed by atoms with Crippen molar-refractivity contribution < 1.29 is 14.6 Å². The molecule has 1 aromatic heterocycles. The lowest BCUT2D eigenvalue weighted by Crippen LogP contribution is -2.22.